The molecule has 1 aliphatic rings. The smallest absolute Gasteiger partial charge is 0.342 e. The van der Waals surface area contributed by atoms with Crippen LogP contribution in [-0.4, -0.2) is 53.7 Å². The van der Waals surface area contributed by atoms with Gasteiger partial charge in [0.25, 0.3) is 0 Å². The van der Waals surface area contributed by atoms with Crippen LogP contribution in [0.3, 0.4) is 0 Å². The van der Waals surface area contributed by atoms with E-state index in [1.807, 2.05) is 66.7 Å². The highest BCUT2D eigenvalue weighted by atomic mass is 16.5. The minimum atomic E-state index is -0.475. The number of ether oxygens (including phenoxy) is 2. The van der Waals surface area contributed by atoms with E-state index in [1.165, 1.54) is 0 Å². The van der Waals surface area contributed by atoms with E-state index in [4.69, 9.17) is 13.9 Å². The molecule has 8 heteroatoms. The molecule has 0 bridgehead atoms. The third-order valence-electron chi connectivity index (χ3n) is 7.35. The Bertz CT molecular complexity index is 1680. The van der Waals surface area contributed by atoms with Crippen LogP contribution in [0.25, 0.3) is 21.7 Å². The van der Waals surface area contributed by atoms with Crippen LogP contribution < -0.4 is 10.1 Å². The van der Waals surface area contributed by atoms with E-state index in [9.17, 15) is 9.90 Å². The fraction of sp³-hybridized carbons (Fsp3) is 0.250. The van der Waals surface area contributed by atoms with Crippen molar-refractivity contribution in [3.05, 3.63) is 95.4 Å². The molecule has 1 fully saturated rings. The topological polar surface area (TPSA) is 97.1 Å². The van der Waals surface area contributed by atoms with Gasteiger partial charge in [-0.3, -0.25) is 4.90 Å². The average molecular weight is 538 g/mol. The Balaban J connectivity index is 1.62. The maximum atomic E-state index is 13.3. The maximum Gasteiger partial charge on any atom is 0.342 e. The van der Waals surface area contributed by atoms with E-state index in [0.29, 0.717) is 44.9 Å². The Labute approximate surface area is 232 Å². The summed E-state index contributed by atoms with van der Waals surface area (Å²) < 4.78 is 17.8. The first-order chi connectivity index (χ1) is 19.6. The van der Waals surface area contributed by atoms with Gasteiger partial charge in [-0.25, -0.2) is 9.78 Å². The van der Waals surface area contributed by atoms with Crippen molar-refractivity contribution in [2.45, 2.75) is 19.9 Å². The maximum absolute atomic E-state index is 13.3. The minimum Gasteiger partial charge on any atom is -0.507 e. The Morgan fingerprint density at radius 1 is 1.07 bits per heavy atom. The Kier molecular flexibility index (Phi) is 7.11. The molecule has 5 aromatic rings. The predicted molar refractivity (Wildman–Crippen MR) is 153 cm³/mol. The molecule has 1 saturated heterocycles. The van der Waals surface area contributed by atoms with Gasteiger partial charge in [0.05, 0.1) is 12.6 Å². The van der Waals surface area contributed by atoms with Crippen molar-refractivity contribution in [3.8, 4) is 17.4 Å². The Morgan fingerprint density at radius 2 is 1.80 bits per heavy atom. The second kappa shape index (κ2) is 11.0. The standard InChI is InChI=1S/C32H31N3O5/c1-3-38-32(37)26-20(2)39-31-24-12-8-7-11-23(24)30(36)28(27(26)31)29(35-17-15-33-16-18-35)21-13-14-34-25(19-21)40-22-9-5-4-6-10-22/h4-14,19,29,33,36H,3,15-18H2,1-2H3. The zero-order valence-electron chi connectivity index (χ0n) is 22.5. The number of carbonyl (C=O) groups excluding carboxylic acids is 1. The molecule has 0 saturated carbocycles. The van der Waals surface area contributed by atoms with Gasteiger partial charge in [0.2, 0.25) is 5.88 Å². The third kappa shape index (κ3) is 4.65. The summed E-state index contributed by atoms with van der Waals surface area (Å²) in [4.78, 5) is 20.1. The molecule has 1 aliphatic heterocycles. The molecule has 0 radical (unpaired) electrons. The van der Waals surface area contributed by atoms with Crippen molar-refractivity contribution in [1.82, 2.24) is 15.2 Å². The number of benzene rings is 3. The van der Waals surface area contributed by atoms with Gasteiger partial charge in [0.1, 0.15) is 28.4 Å². The van der Waals surface area contributed by atoms with Crippen LogP contribution in [-0.2, 0) is 4.74 Å². The van der Waals surface area contributed by atoms with E-state index in [-0.39, 0.29) is 12.4 Å². The largest absolute Gasteiger partial charge is 0.507 e. The van der Waals surface area contributed by atoms with Crippen molar-refractivity contribution in [1.29, 1.82) is 0 Å². The van der Waals surface area contributed by atoms with E-state index in [2.05, 4.69) is 15.2 Å². The Morgan fingerprint density at radius 3 is 2.55 bits per heavy atom. The van der Waals surface area contributed by atoms with Crippen LogP contribution in [0.2, 0.25) is 0 Å². The van der Waals surface area contributed by atoms with E-state index in [1.54, 1.807) is 20.0 Å². The van der Waals surface area contributed by atoms with Crippen molar-refractivity contribution in [2.75, 3.05) is 32.8 Å². The molecule has 2 N–H and O–H groups in total. The number of hydrogen-bond donors (Lipinski definition) is 2. The molecule has 2 aromatic heterocycles. The van der Waals surface area contributed by atoms with Crippen LogP contribution >= 0.6 is 0 Å². The van der Waals surface area contributed by atoms with Crippen LogP contribution in [0.1, 0.15) is 40.2 Å². The van der Waals surface area contributed by atoms with Gasteiger partial charge in [-0.15, -0.1) is 0 Å². The summed E-state index contributed by atoms with van der Waals surface area (Å²) in [6, 6.07) is 20.5. The van der Waals surface area contributed by atoms with Gasteiger partial charge >= 0.3 is 5.97 Å². The lowest BCUT2D eigenvalue weighted by Gasteiger charge is -2.36. The first-order valence-corrected chi connectivity index (χ1v) is 13.5. The molecule has 1 atom stereocenters. The highest BCUT2D eigenvalue weighted by Crippen LogP contribution is 2.47. The van der Waals surface area contributed by atoms with Crippen LogP contribution in [0.5, 0.6) is 17.4 Å². The molecule has 0 aliphatic carbocycles. The van der Waals surface area contributed by atoms with Crippen LogP contribution in [0.4, 0.5) is 0 Å². The lowest BCUT2D eigenvalue weighted by atomic mass is 9.89. The number of aryl methyl sites for hydroxylation is 1. The number of pyridine rings is 1. The van der Waals surface area contributed by atoms with Crippen molar-refractivity contribution in [2.24, 2.45) is 0 Å². The number of esters is 1. The van der Waals surface area contributed by atoms with Gasteiger partial charge in [-0.1, -0.05) is 42.5 Å². The predicted octanol–water partition coefficient (Wildman–Crippen LogP) is 5.96. The normalized spacial score (nSPS) is 14.8. The molecule has 6 rings (SSSR count). The summed E-state index contributed by atoms with van der Waals surface area (Å²) in [5.41, 5.74) is 2.37. The SMILES string of the molecule is CCOC(=O)c1c(C)oc2c1c(C(c1ccnc(Oc3ccccc3)c1)N1CCNCC1)c(O)c1ccccc12. The van der Waals surface area contributed by atoms with E-state index >= 15 is 0 Å². The molecule has 8 nitrogen and oxygen atoms in total. The number of furan rings is 1. The zero-order valence-corrected chi connectivity index (χ0v) is 22.5. The van der Waals surface area contributed by atoms with Gasteiger partial charge in [-0.2, -0.15) is 0 Å². The third-order valence-corrected chi connectivity index (χ3v) is 7.35. The number of carbonyl (C=O) groups is 1. The average Bonchev–Trinajstić information content (AvgIpc) is 3.33. The highest BCUT2D eigenvalue weighted by Gasteiger charge is 2.34. The van der Waals surface area contributed by atoms with Gasteiger partial charge in [0.15, 0.2) is 0 Å². The summed E-state index contributed by atoms with van der Waals surface area (Å²) in [6.45, 7) is 6.83. The molecule has 40 heavy (non-hydrogen) atoms. The molecular formula is C32H31N3O5. The summed E-state index contributed by atoms with van der Waals surface area (Å²) in [5, 5.41) is 17.4. The van der Waals surface area contributed by atoms with Crippen molar-refractivity contribution >= 4 is 27.7 Å². The number of piperazine rings is 1. The fourth-order valence-electron chi connectivity index (χ4n) is 5.62. The molecular weight excluding hydrogens is 506 g/mol. The minimum absolute atomic E-state index is 0.111. The van der Waals surface area contributed by atoms with Gasteiger partial charge < -0.3 is 24.3 Å². The van der Waals surface area contributed by atoms with Gasteiger partial charge in [0, 0.05) is 60.2 Å². The van der Waals surface area contributed by atoms with Crippen LogP contribution in [0.15, 0.2) is 77.3 Å². The number of aromatic nitrogens is 1. The highest BCUT2D eigenvalue weighted by molar-refractivity contribution is 6.16. The monoisotopic (exact) mass is 537 g/mol. The van der Waals surface area contributed by atoms with E-state index < -0.39 is 12.0 Å². The number of phenolic OH excluding ortho intramolecular Hbond substituents is 1. The Hall–Kier alpha value is -4.40. The second-order valence-electron chi connectivity index (χ2n) is 9.80. The quantitative estimate of drug-likeness (QED) is 0.246. The summed E-state index contributed by atoms with van der Waals surface area (Å²) in [5.74, 6) is 1.20. The number of aromatic hydroxyl groups is 1. The van der Waals surface area contributed by atoms with Gasteiger partial charge in [-0.05, 0) is 37.6 Å². The molecule has 1 unspecified atom stereocenters. The number of nitrogens with zero attached hydrogens (tertiary/aromatic N) is 2. The molecule has 0 amide bonds. The summed E-state index contributed by atoms with van der Waals surface area (Å²) >= 11 is 0. The summed E-state index contributed by atoms with van der Waals surface area (Å²) in [7, 11) is 0. The number of fused-ring (bicyclic) bond motifs is 3. The number of hydrogen-bond acceptors (Lipinski definition) is 8. The molecule has 0 spiro atoms. The number of phenols is 1. The first-order valence-electron chi connectivity index (χ1n) is 13.5. The first kappa shape index (κ1) is 25.9. The zero-order chi connectivity index (χ0) is 27.6. The molecule has 204 valence electrons. The lowest BCUT2D eigenvalue weighted by Crippen LogP contribution is -2.45. The molecule has 3 aromatic carbocycles. The lowest BCUT2D eigenvalue weighted by molar-refractivity contribution is 0.0526. The fourth-order valence-corrected chi connectivity index (χ4v) is 5.62. The number of para-hydroxylation sites is 1. The summed E-state index contributed by atoms with van der Waals surface area (Å²) in [6.07, 6.45) is 1.71. The number of rotatable bonds is 7. The van der Waals surface area contributed by atoms with Crippen LogP contribution in [0, 0.1) is 6.92 Å². The second-order valence-corrected chi connectivity index (χ2v) is 9.80. The van der Waals surface area contributed by atoms with Crippen molar-refractivity contribution in [3.63, 3.8) is 0 Å². The van der Waals surface area contributed by atoms with Crippen molar-refractivity contribution < 1.29 is 23.8 Å². The number of nitrogens with one attached hydrogen (secondary N) is 1. The van der Waals surface area contributed by atoms with E-state index in [0.717, 1.165) is 37.1 Å². The molecule has 3 heterocycles.